The molecule has 24 saturated carbocycles. The van der Waals surface area contributed by atoms with E-state index >= 15 is 0 Å². The van der Waals surface area contributed by atoms with Gasteiger partial charge in [0.1, 0.15) is 18.2 Å². The van der Waals surface area contributed by atoms with Crippen molar-refractivity contribution in [1.29, 1.82) is 0 Å². The van der Waals surface area contributed by atoms with Crippen LogP contribution in [0.15, 0.2) is 0 Å². The number of nitrogens with one attached hydrogen (secondary N) is 2. The van der Waals surface area contributed by atoms with Crippen LogP contribution in [0.2, 0.25) is 0 Å². The Hall–Kier alpha value is -6.44. The van der Waals surface area contributed by atoms with E-state index in [0.717, 1.165) is 32.1 Å². The maximum atomic E-state index is 12.8. The van der Waals surface area contributed by atoms with Crippen molar-refractivity contribution < 1.29 is 116 Å². The fourth-order valence-corrected chi connectivity index (χ4v) is 37.8. The Morgan fingerprint density at radius 3 is 0.811 bits per heavy atom. The Morgan fingerprint density at radius 1 is 0.311 bits per heavy atom. The van der Waals surface area contributed by atoms with Crippen molar-refractivity contribution in [3.63, 3.8) is 0 Å². The first kappa shape index (κ1) is 98.6. The second-order valence-corrected chi connectivity index (χ2v) is 48.8. The number of hydrogen-bond acceptors (Lipinski definition) is 19. The monoisotopic (exact) mass is 1850 g/mol. The van der Waals surface area contributed by atoms with Crippen LogP contribution in [0.25, 0.3) is 0 Å². The fourth-order valence-electron chi connectivity index (χ4n) is 37.8. The number of ether oxygens (including phenoxy) is 7. The van der Waals surface area contributed by atoms with Gasteiger partial charge < -0.3 is 69.3 Å². The Balaban J connectivity index is 0.000000114. The van der Waals surface area contributed by atoms with Crippen molar-refractivity contribution in [2.75, 3.05) is 48.1 Å². The van der Waals surface area contributed by atoms with Crippen LogP contribution in [-0.2, 0) is 90.7 Å². The van der Waals surface area contributed by atoms with Crippen molar-refractivity contribution in [2.45, 2.75) is 244 Å². The molecule has 24 bridgehead atoms. The molecule has 24 fully saturated rings. The average molecular weight is 1850 g/mol. The van der Waals surface area contributed by atoms with Crippen LogP contribution in [0.1, 0.15) is 232 Å². The van der Waals surface area contributed by atoms with E-state index < -0.39 is 107 Å². The van der Waals surface area contributed by atoms with Gasteiger partial charge in [0.2, 0.25) is 11.8 Å². The normalized spacial score (nSPS) is 48.6. The molecule has 24 aliphatic carbocycles. The highest BCUT2D eigenvalue weighted by atomic mass is 16.7. The van der Waals surface area contributed by atoms with Crippen molar-refractivity contribution in [3.8, 4) is 0 Å². The van der Waals surface area contributed by atoms with Gasteiger partial charge in [-0.25, -0.2) is 0 Å². The summed E-state index contributed by atoms with van der Waals surface area (Å²) in [6.07, 6.45) is 27.3. The third-order valence-corrected chi connectivity index (χ3v) is 42.6. The van der Waals surface area contributed by atoms with Crippen LogP contribution in [0, 0.1) is 296 Å². The SMILES string of the molecule is C1C2CC3CC1CC(C2)C3.C1C2CC3CC1CC(C2)C3.CC1C(C)C2CC1C1C3CC(C(C(=O)OC(C)(C)C)C3C(=O)O)C21.CCOCOC(=O)C1C2CC(C1C(=O)O)C1C3CC(C(C)C3C)C21.COC(=O)C1C2CC(C(C)C2C)C1C(=O)NC(C)C(=O)O.COC(=O)C1C2CC(C(C)C2C)C1C(=O)NCC(=O)O.COCOC(=O)C1C2CC(C1C(=O)O)C1C3CC(C(C)C3C)C21. The van der Waals surface area contributed by atoms with E-state index in [1.807, 2.05) is 27.7 Å². The number of carbonyl (C=O) groups excluding carboxylic acids is 7. The summed E-state index contributed by atoms with van der Waals surface area (Å²) >= 11 is 0. The van der Waals surface area contributed by atoms with Crippen molar-refractivity contribution in [2.24, 2.45) is 296 Å². The second-order valence-electron chi connectivity index (χ2n) is 48.8. The van der Waals surface area contributed by atoms with Crippen LogP contribution in [-0.4, -0.2) is 157 Å². The molecule has 26 heteroatoms. The van der Waals surface area contributed by atoms with Crippen LogP contribution in [0.3, 0.4) is 0 Å². The summed E-state index contributed by atoms with van der Waals surface area (Å²) in [7, 11) is 4.13. The highest BCUT2D eigenvalue weighted by Crippen LogP contribution is 2.77. The van der Waals surface area contributed by atoms with Crippen molar-refractivity contribution in [3.05, 3.63) is 0 Å². The van der Waals surface area contributed by atoms with E-state index in [1.165, 1.54) is 94.9 Å². The molecule has 0 radical (unpaired) electrons. The highest BCUT2D eigenvalue weighted by Gasteiger charge is 2.75. The lowest BCUT2D eigenvalue weighted by Crippen LogP contribution is -2.49. The molecule has 0 heterocycles. The number of fused-ring (bicyclic) bond motifs is 31. The number of carboxylic acid groups (broad SMARTS) is 5. The van der Waals surface area contributed by atoms with E-state index in [-0.39, 0.29) is 114 Å². The lowest BCUT2D eigenvalue weighted by molar-refractivity contribution is -0.173. The molecule has 0 saturated heterocycles. The number of carbonyl (C=O) groups is 12. The minimum absolute atomic E-state index is 0.0663. The quantitative estimate of drug-likeness (QED) is 0.0208. The number of methoxy groups -OCH3 is 3. The molecule has 0 spiro atoms. The van der Waals surface area contributed by atoms with Gasteiger partial charge in [-0.15, -0.1) is 0 Å². The number of aliphatic carboxylic acids is 5. The third kappa shape index (κ3) is 17.6. The molecule has 0 aromatic carbocycles. The molecular weight excluding hydrogens is 1690 g/mol. The van der Waals surface area contributed by atoms with E-state index in [4.69, 9.17) is 43.4 Å². The van der Waals surface area contributed by atoms with Crippen molar-refractivity contribution >= 4 is 71.5 Å². The van der Waals surface area contributed by atoms with Gasteiger partial charge >= 0.3 is 59.7 Å². The van der Waals surface area contributed by atoms with Crippen LogP contribution in [0.5, 0.6) is 0 Å². The molecule has 0 aromatic rings. The maximum Gasteiger partial charge on any atom is 0.325 e. The summed E-state index contributed by atoms with van der Waals surface area (Å²) in [4.78, 5) is 144. The first-order chi connectivity index (χ1) is 62.5. The number of carboxylic acids is 5. The van der Waals surface area contributed by atoms with Gasteiger partial charge in [-0.3, -0.25) is 57.5 Å². The Bertz CT molecular complexity index is 4140. The molecule has 0 aromatic heterocycles. The molecule has 738 valence electrons. The number of rotatable bonds is 19. The summed E-state index contributed by atoms with van der Waals surface area (Å²) in [5.41, 5.74) is -0.558. The first-order valence-corrected chi connectivity index (χ1v) is 52.0. The minimum Gasteiger partial charge on any atom is -0.481 e. The third-order valence-electron chi connectivity index (χ3n) is 42.6. The van der Waals surface area contributed by atoms with E-state index in [2.05, 4.69) is 79.9 Å². The predicted molar refractivity (Wildman–Crippen MR) is 483 cm³/mol. The molecular formula is C106H160N2O24. The molecule has 24 aliphatic rings. The lowest BCUT2D eigenvalue weighted by atomic mass is 9.56. The summed E-state index contributed by atoms with van der Waals surface area (Å²) in [6.45, 7) is 31.2. The van der Waals surface area contributed by atoms with Gasteiger partial charge in [0, 0.05) is 13.7 Å². The highest BCUT2D eigenvalue weighted by molar-refractivity contribution is 5.91. The zero-order valence-corrected chi connectivity index (χ0v) is 81.9. The summed E-state index contributed by atoms with van der Waals surface area (Å²) in [5, 5.41) is 51.9. The van der Waals surface area contributed by atoms with Gasteiger partial charge in [0.25, 0.3) is 0 Å². The smallest absolute Gasteiger partial charge is 0.325 e. The summed E-state index contributed by atoms with van der Waals surface area (Å²) in [5.74, 6) is 12.1. The molecule has 43 atom stereocenters. The Labute approximate surface area is 782 Å². The van der Waals surface area contributed by atoms with Gasteiger partial charge in [-0.2, -0.15) is 0 Å². The van der Waals surface area contributed by atoms with Gasteiger partial charge in [0.05, 0.1) is 73.4 Å². The maximum absolute atomic E-state index is 12.8. The zero-order valence-electron chi connectivity index (χ0n) is 81.9. The number of amides is 2. The fraction of sp³-hybridized carbons (Fsp3) is 0.887. The molecule has 26 nitrogen and oxygen atoms in total. The molecule has 43 unspecified atom stereocenters. The lowest BCUT2D eigenvalue weighted by Gasteiger charge is -2.49. The molecule has 24 rings (SSSR count). The Kier molecular flexibility index (Phi) is 28.9. The van der Waals surface area contributed by atoms with Gasteiger partial charge in [0.15, 0.2) is 13.6 Å². The van der Waals surface area contributed by atoms with Crippen LogP contribution >= 0.6 is 0 Å². The largest absolute Gasteiger partial charge is 0.481 e. The average Bonchev–Trinajstić information content (AvgIpc) is 1.53. The second kappa shape index (κ2) is 38.7. The Morgan fingerprint density at radius 2 is 0.553 bits per heavy atom. The molecule has 7 N–H and O–H groups in total. The molecule has 132 heavy (non-hydrogen) atoms. The zero-order chi connectivity index (χ0) is 95.2. The topological polar surface area (TPSA) is 395 Å². The summed E-state index contributed by atoms with van der Waals surface area (Å²) in [6, 6.07) is -0.956. The van der Waals surface area contributed by atoms with E-state index in [1.54, 1.807) is 77.0 Å². The first-order valence-electron chi connectivity index (χ1n) is 52.0. The van der Waals surface area contributed by atoms with Gasteiger partial charge in [-0.1, -0.05) is 69.2 Å². The minimum atomic E-state index is -1.09. The molecule has 2 amide bonds. The predicted octanol–water partition coefficient (Wildman–Crippen LogP) is 15.4. The number of hydrogen-bond donors (Lipinski definition) is 7. The van der Waals surface area contributed by atoms with Crippen LogP contribution in [0.4, 0.5) is 0 Å². The van der Waals surface area contributed by atoms with E-state index in [9.17, 15) is 72.9 Å². The summed E-state index contributed by atoms with van der Waals surface area (Å²) < 4.78 is 35.7. The molecule has 0 aliphatic heterocycles. The standard InChI is InChI=1S/C20H30O4.C19H28O5.C18H26O5.C15H23NO5.C14H21NO5.2C10H16/c1-8-9(2)11-6-10(8)14-12-7-13(15(11)14)17(16(12)18(21)22)19(23)24-20(3,4)5;1-4-23-7-24-19(22)17-13-6-12(16(17)18(20)21)14-10-5-11(15(13)14)9(3)8(10)2;1-7-8(2)10-4-9(7)13-11-5-12(14(10)13)16(15(11)17(19)20)18(21)23-6-22-3;1-6-7(2)10-5-9(6)11(12(10)15(20)21-4)13(17)16-8(3)14(18)19;1-6-7(2)9-4-8(6)11(12(9)14(19)20-3)13(18)15-5-10(16)17;2*1-7-2-9-4-8(1)5-10(3-7)6-9/h8-17H,6-7H2,1-5H3,(H,21,22);8-17H,4-7H2,1-3H3,(H,20,21);7-16H,4-6H2,1-3H3,(H,19,20);6-12H,5H2,1-4H3,(H,16,17)(H,18,19);6-9,11-12H,4-5H2,1-3H3,(H,15,18)(H,16,17);2*7-10H,1-6H2. The number of esters is 5. The van der Waals surface area contributed by atoms with Gasteiger partial charge in [-0.05, 0) is 400 Å². The van der Waals surface area contributed by atoms with E-state index in [0.29, 0.717) is 137 Å². The van der Waals surface area contributed by atoms with Crippen LogP contribution < -0.4 is 10.6 Å². The van der Waals surface area contributed by atoms with Crippen molar-refractivity contribution in [1.82, 2.24) is 10.6 Å².